The van der Waals surface area contributed by atoms with Gasteiger partial charge >= 0.3 is 0 Å². The van der Waals surface area contributed by atoms with E-state index in [1.54, 1.807) is 138 Å². The second-order valence-corrected chi connectivity index (χ2v) is 29.5. The Morgan fingerprint density at radius 2 is 0.672 bits per heavy atom. The summed E-state index contributed by atoms with van der Waals surface area (Å²) in [6.45, 7) is 3.49. The molecule has 4 aliphatic carbocycles. The van der Waals surface area contributed by atoms with Gasteiger partial charge in [0.1, 0.15) is 115 Å². The van der Waals surface area contributed by atoms with Crippen molar-refractivity contribution in [3.05, 3.63) is 258 Å². The third-order valence-electron chi connectivity index (χ3n) is 20.3. The summed E-state index contributed by atoms with van der Waals surface area (Å²) in [7, 11) is 6.81. The van der Waals surface area contributed by atoms with Gasteiger partial charge in [-0.1, -0.05) is 10.3 Å². The summed E-state index contributed by atoms with van der Waals surface area (Å²) in [6.07, 6.45) is 16.9. The Morgan fingerprint density at radius 1 is 0.391 bits per heavy atom. The molecule has 4 aliphatic rings. The van der Waals surface area contributed by atoms with E-state index in [4.69, 9.17) is 9.05 Å². The quantitative estimate of drug-likeness (QED) is 0.0257. The van der Waals surface area contributed by atoms with Crippen LogP contribution in [0.15, 0.2) is 199 Å². The zero-order valence-electron chi connectivity index (χ0n) is 68.4. The van der Waals surface area contributed by atoms with Gasteiger partial charge in [-0.3, -0.25) is 56.6 Å². The van der Waals surface area contributed by atoms with Crippen molar-refractivity contribution < 1.29 is 45.8 Å². The maximum absolute atomic E-state index is 14.2. The molecule has 0 saturated heterocycles. The van der Waals surface area contributed by atoms with Crippen LogP contribution in [0.25, 0.3) is 45.9 Å². The number of carbonyl (C=O) groups is 4. The molecular weight excluding hydrogens is 1670 g/mol. The van der Waals surface area contributed by atoms with Gasteiger partial charge in [-0.05, 0) is 112 Å². The molecule has 16 heterocycles. The molecule has 16 aromatic heterocycles. The van der Waals surface area contributed by atoms with Crippen molar-refractivity contribution in [2.24, 2.45) is 0 Å². The number of amides is 4. The number of halogens is 4. The lowest BCUT2D eigenvalue weighted by Crippen LogP contribution is -2.27. The van der Waals surface area contributed by atoms with Crippen LogP contribution in [-0.4, -0.2) is 185 Å². The van der Waals surface area contributed by atoms with Gasteiger partial charge in [0.15, 0.2) is 57.5 Å². The van der Waals surface area contributed by atoms with E-state index in [-0.39, 0.29) is 98.4 Å². The largest absolute Gasteiger partial charge is 0.373 e. The first-order valence-electron chi connectivity index (χ1n) is 39.8. The van der Waals surface area contributed by atoms with Gasteiger partial charge in [0.2, 0.25) is 0 Å². The Hall–Kier alpha value is -17.0. The van der Waals surface area contributed by atoms with Crippen molar-refractivity contribution in [1.29, 1.82) is 0 Å². The summed E-state index contributed by atoms with van der Waals surface area (Å²) in [5, 5.41) is 59.7. The highest BCUT2D eigenvalue weighted by Gasteiger charge is 2.41. The Kier molecular flexibility index (Phi) is 22.8. The summed E-state index contributed by atoms with van der Waals surface area (Å²) in [4.78, 5) is 128. The standard InChI is InChI=1S/C21H18F2N8O2.C21H19FN8O2.C20H19FN8O3.C20H20N8O3/c1-24-17-9-16(29-18-11(10-26-31(17)18)20(32)28-15-8-13(15)23)27-14-5-3-7-30(21(14)33)19-12(22)4-2-6-25-19;1-23-17-10-16(28-18-13(11-25-30(17)18)20(31)26-12-6-7-12)27-15-5-3-9-29(21(15)32)19-14(22)4-2-8-24-19;1-10-6-17(27-32-10)28-5-3-4-13(20(28)31)24-15-8-16(22-2)29-18(26-15)11(9-23-29)19(30)25-14-7-12(14)21;1-11-8-17(26-31-11)27-7-3-4-14(20(27)30)24-15-9-16(21-2)28-18(25-15)13(10-22-28)19(29)23-12-5-6-12/h2-7,9-10,13,15,24H,8H2,1H3,(H,27,29)(H,28,32);2-5,8-12,23H,6-7H2,1H3,(H,26,31)(H,27,28);3-6,8-9,12,14,22H,7H2,1-2H3,(H,24,26)(H,25,30);3-4,7-10,12,21H,5-6H2,1-2H3,(H,23,29)(H,24,25)/t13-,15+;;12-,14+;/m1.1./s1. The highest BCUT2D eigenvalue weighted by Crippen LogP contribution is 2.32. The predicted molar refractivity (Wildman–Crippen MR) is 459 cm³/mol. The van der Waals surface area contributed by atoms with Crippen molar-refractivity contribution in [3.63, 3.8) is 0 Å². The van der Waals surface area contributed by atoms with E-state index in [1.165, 1.54) is 103 Å². The van der Waals surface area contributed by atoms with Crippen molar-refractivity contribution >= 4 is 116 Å². The molecule has 4 fully saturated rings. The zero-order valence-corrected chi connectivity index (χ0v) is 68.4. The van der Waals surface area contributed by atoms with E-state index in [2.05, 4.69) is 124 Å². The van der Waals surface area contributed by atoms with Gasteiger partial charge in [0.05, 0.1) is 36.9 Å². The molecule has 0 unspecified atom stereocenters. The van der Waals surface area contributed by atoms with Crippen LogP contribution >= 0.6 is 0 Å². The van der Waals surface area contributed by atoms with Gasteiger partial charge in [-0.15, -0.1) is 0 Å². The minimum atomic E-state index is -1.04. The number of aromatic nitrogens is 20. The summed E-state index contributed by atoms with van der Waals surface area (Å²) >= 11 is 0. The number of alkyl halides is 2. The lowest BCUT2D eigenvalue weighted by molar-refractivity contribution is 0.0940. The van der Waals surface area contributed by atoms with E-state index in [9.17, 15) is 55.9 Å². The molecule has 0 spiro atoms. The number of hydrogen-bond acceptors (Lipinski definition) is 30. The topological polar surface area (TPSA) is 499 Å². The maximum atomic E-state index is 14.2. The predicted octanol–water partition coefficient (Wildman–Crippen LogP) is 7.79. The van der Waals surface area contributed by atoms with E-state index in [0.717, 1.165) is 34.8 Å². The number of anilines is 12. The normalized spacial score (nSPS) is 15.3. The first-order valence-corrected chi connectivity index (χ1v) is 39.8. The molecule has 20 rings (SSSR count). The van der Waals surface area contributed by atoms with Crippen molar-refractivity contribution in [2.75, 3.05) is 70.7 Å². The van der Waals surface area contributed by atoms with Gasteiger partial charge in [-0.2, -0.15) is 38.5 Å². The highest BCUT2D eigenvalue weighted by molar-refractivity contribution is 6.03. The fraction of sp³-hybridized carbons (Fsp3) is 0.220. The minimum Gasteiger partial charge on any atom is -0.373 e. The Bertz CT molecular complexity index is 7270. The second kappa shape index (κ2) is 35.1. The Morgan fingerprint density at radius 3 is 0.930 bits per heavy atom. The molecule has 16 aromatic rings. The average molecular weight is 1750 g/mol. The number of hydrogen-bond donors (Lipinski definition) is 12. The number of nitrogens with one attached hydrogen (secondary N) is 12. The summed E-state index contributed by atoms with van der Waals surface area (Å²) in [6, 6.07) is 27.6. The van der Waals surface area contributed by atoms with Gasteiger partial charge in [0.25, 0.3) is 45.9 Å². The SMILES string of the molecule is CNc1cc(Nc2cccn(-c3cc(C)on3)c2=O)nc2c(C(=O)NC3CC3)cnn12.CNc1cc(Nc2cccn(-c3cc(C)on3)c2=O)nc2c(C(=O)N[C@H]3C[C@H]3F)cnn12.CNc1cc(Nc2cccn(-c3ncccc3F)c2=O)nc2c(C(=O)NC3CC3)cnn12.CNc1cc(Nc2cccn(-c3ncccc3F)c2=O)nc2c(C(=O)N[C@H]3C[C@H]3F)cnn12. The summed E-state index contributed by atoms with van der Waals surface area (Å²) in [5.74, 6) is 2.49. The van der Waals surface area contributed by atoms with Crippen LogP contribution in [-0.2, 0) is 0 Å². The number of aryl methyl sites for hydroxylation is 2. The Labute approximate surface area is 717 Å². The monoisotopic (exact) mass is 1740 g/mol. The number of pyridine rings is 6. The van der Waals surface area contributed by atoms with Crippen molar-refractivity contribution in [2.45, 2.75) is 88.9 Å². The number of nitrogens with zero attached hydrogens (tertiary/aromatic N) is 20. The lowest BCUT2D eigenvalue weighted by Gasteiger charge is -2.12. The molecular formula is C82H76F4N32O10. The molecule has 0 aliphatic heterocycles. The third-order valence-corrected chi connectivity index (χ3v) is 20.3. The first kappa shape index (κ1) is 83.3. The second-order valence-electron chi connectivity index (χ2n) is 29.5. The molecule has 4 atom stereocenters. The molecule has 0 radical (unpaired) electrons. The van der Waals surface area contributed by atoms with Crippen LogP contribution < -0.4 is 86.0 Å². The number of rotatable bonds is 24. The van der Waals surface area contributed by atoms with E-state index < -0.39 is 59.0 Å². The fourth-order valence-electron chi connectivity index (χ4n) is 13.2. The van der Waals surface area contributed by atoms with Gasteiger partial charge in [0, 0.05) is 127 Å². The fourth-order valence-corrected chi connectivity index (χ4v) is 13.2. The highest BCUT2D eigenvalue weighted by atomic mass is 19.1. The molecule has 0 aromatic carbocycles. The average Bonchev–Trinajstić information content (AvgIpc) is 1.63. The Balaban J connectivity index is 0.000000120. The maximum Gasteiger partial charge on any atom is 0.280 e. The van der Waals surface area contributed by atoms with E-state index in [1.807, 2.05) is 0 Å². The molecule has 0 bridgehead atoms. The van der Waals surface area contributed by atoms with Crippen LogP contribution in [0.1, 0.15) is 91.5 Å². The van der Waals surface area contributed by atoms with E-state index >= 15 is 0 Å². The zero-order chi connectivity index (χ0) is 89.3. The van der Waals surface area contributed by atoms with Gasteiger partial charge < -0.3 is 72.8 Å². The van der Waals surface area contributed by atoms with Crippen LogP contribution in [0.5, 0.6) is 0 Å². The van der Waals surface area contributed by atoms with Crippen molar-refractivity contribution in [3.8, 4) is 23.3 Å². The molecule has 4 amide bonds. The van der Waals surface area contributed by atoms with Crippen LogP contribution in [0.3, 0.4) is 0 Å². The molecule has 128 heavy (non-hydrogen) atoms. The molecule has 4 saturated carbocycles. The third kappa shape index (κ3) is 17.6. The van der Waals surface area contributed by atoms with Crippen LogP contribution in [0.4, 0.5) is 86.9 Å². The van der Waals surface area contributed by atoms with Gasteiger partial charge in [-0.25, -0.2) is 47.5 Å². The molecule has 42 nitrogen and oxygen atoms in total. The molecule has 12 N–H and O–H groups in total. The number of fused-ring (bicyclic) bond motifs is 4. The van der Waals surface area contributed by atoms with Crippen LogP contribution in [0, 0.1) is 25.5 Å². The van der Waals surface area contributed by atoms with E-state index in [0.29, 0.717) is 98.4 Å². The summed E-state index contributed by atoms with van der Waals surface area (Å²) in [5.41, 5.74) is 1.37. The van der Waals surface area contributed by atoms with Crippen LogP contribution in [0.2, 0.25) is 0 Å². The smallest absolute Gasteiger partial charge is 0.280 e. The minimum absolute atomic E-state index is 0.102. The summed E-state index contributed by atoms with van der Waals surface area (Å²) < 4.78 is 75.7. The van der Waals surface area contributed by atoms with Crippen molar-refractivity contribution in [1.82, 2.24) is 118 Å². The molecule has 652 valence electrons. The number of carbonyl (C=O) groups excluding carboxylic acids is 4. The lowest BCUT2D eigenvalue weighted by atomic mass is 10.3. The molecule has 46 heteroatoms. The first-order chi connectivity index (χ1) is 62.0.